The van der Waals surface area contributed by atoms with Crippen LogP contribution in [0.2, 0.25) is 0 Å². The summed E-state index contributed by atoms with van der Waals surface area (Å²) in [6, 6.07) is 0. The Bertz CT molecular complexity index is 562. The SMILES string of the molecule is CCNc1nc(NCc2nccn2C)nc(N(C)C)n1. The third-order valence-corrected chi connectivity index (χ3v) is 2.68. The van der Waals surface area contributed by atoms with Crippen LogP contribution in [0.1, 0.15) is 12.7 Å². The smallest absolute Gasteiger partial charge is 0.231 e. The molecule has 0 fully saturated rings. The van der Waals surface area contributed by atoms with E-state index in [9.17, 15) is 0 Å². The Morgan fingerprint density at radius 2 is 1.85 bits per heavy atom. The molecule has 2 N–H and O–H groups in total. The van der Waals surface area contributed by atoms with Crippen molar-refractivity contribution >= 4 is 17.8 Å². The van der Waals surface area contributed by atoms with Gasteiger partial charge in [0.2, 0.25) is 17.8 Å². The molecule has 0 unspecified atom stereocenters. The summed E-state index contributed by atoms with van der Waals surface area (Å²) >= 11 is 0. The van der Waals surface area contributed by atoms with Crippen molar-refractivity contribution in [2.45, 2.75) is 13.5 Å². The van der Waals surface area contributed by atoms with E-state index in [-0.39, 0.29) is 0 Å². The predicted molar refractivity (Wildman–Crippen MR) is 78.9 cm³/mol. The van der Waals surface area contributed by atoms with Crippen LogP contribution in [0, 0.1) is 0 Å². The van der Waals surface area contributed by atoms with E-state index in [1.807, 2.05) is 43.7 Å². The highest BCUT2D eigenvalue weighted by Gasteiger charge is 2.08. The maximum Gasteiger partial charge on any atom is 0.231 e. The highest BCUT2D eigenvalue weighted by atomic mass is 15.3. The van der Waals surface area contributed by atoms with Gasteiger partial charge in [-0.15, -0.1) is 0 Å². The van der Waals surface area contributed by atoms with Crippen molar-refractivity contribution in [3.63, 3.8) is 0 Å². The highest BCUT2D eigenvalue weighted by Crippen LogP contribution is 2.11. The van der Waals surface area contributed by atoms with Gasteiger partial charge in [0.15, 0.2) is 0 Å². The zero-order valence-electron chi connectivity index (χ0n) is 12.3. The third kappa shape index (κ3) is 3.34. The molecule has 20 heavy (non-hydrogen) atoms. The van der Waals surface area contributed by atoms with E-state index < -0.39 is 0 Å². The van der Waals surface area contributed by atoms with E-state index in [4.69, 9.17) is 0 Å². The van der Waals surface area contributed by atoms with Crippen molar-refractivity contribution in [2.75, 3.05) is 36.2 Å². The average Bonchev–Trinajstić information content (AvgIpc) is 2.82. The Hall–Kier alpha value is -2.38. The second-order valence-corrected chi connectivity index (χ2v) is 4.52. The van der Waals surface area contributed by atoms with Crippen LogP contribution in [-0.4, -0.2) is 45.1 Å². The Balaban J connectivity index is 2.15. The minimum atomic E-state index is 0.530. The Kier molecular flexibility index (Phi) is 4.34. The number of anilines is 3. The molecule has 0 bridgehead atoms. The van der Waals surface area contributed by atoms with Gasteiger partial charge < -0.3 is 20.1 Å². The molecule has 0 atom stereocenters. The highest BCUT2D eigenvalue weighted by molar-refractivity contribution is 5.42. The molecule has 2 heterocycles. The molecule has 0 radical (unpaired) electrons. The lowest BCUT2D eigenvalue weighted by atomic mass is 10.6. The summed E-state index contributed by atoms with van der Waals surface area (Å²) in [4.78, 5) is 19.1. The first-order chi connectivity index (χ1) is 9.60. The lowest BCUT2D eigenvalue weighted by molar-refractivity contribution is 0.805. The van der Waals surface area contributed by atoms with Crippen LogP contribution in [0.25, 0.3) is 0 Å². The van der Waals surface area contributed by atoms with Gasteiger partial charge in [0.1, 0.15) is 5.82 Å². The maximum absolute atomic E-state index is 4.36. The largest absolute Gasteiger partial charge is 0.354 e. The number of aromatic nitrogens is 5. The zero-order valence-corrected chi connectivity index (χ0v) is 12.3. The van der Waals surface area contributed by atoms with Crippen LogP contribution in [0.3, 0.4) is 0 Å². The zero-order chi connectivity index (χ0) is 14.5. The quantitative estimate of drug-likeness (QED) is 0.804. The van der Waals surface area contributed by atoms with Crippen LogP contribution >= 0.6 is 0 Å². The van der Waals surface area contributed by atoms with Gasteiger partial charge in [-0.2, -0.15) is 15.0 Å². The molecule has 8 nitrogen and oxygen atoms in total. The van der Waals surface area contributed by atoms with Gasteiger partial charge in [0, 0.05) is 40.1 Å². The van der Waals surface area contributed by atoms with Crippen LogP contribution < -0.4 is 15.5 Å². The molecule has 0 saturated heterocycles. The van der Waals surface area contributed by atoms with Crippen molar-refractivity contribution in [1.82, 2.24) is 24.5 Å². The molecular weight excluding hydrogens is 256 g/mol. The van der Waals surface area contributed by atoms with Crippen LogP contribution in [0.5, 0.6) is 0 Å². The van der Waals surface area contributed by atoms with Crippen molar-refractivity contribution < 1.29 is 0 Å². The van der Waals surface area contributed by atoms with E-state index in [2.05, 4.69) is 30.6 Å². The van der Waals surface area contributed by atoms with Crippen molar-refractivity contribution in [3.05, 3.63) is 18.2 Å². The minimum absolute atomic E-state index is 0.530. The van der Waals surface area contributed by atoms with Gasteiger partial charge in [0.25, 0.3) is 0 Å². The first-order valence-electron chi connectivity index (χ1n) is 6.47. The Labute approximate surface area is 118 Å². The number of nitrogens with zero attached hydrogens (tertiary/aromatic N) is 6. The monoisotopic (exact) mass is 276 g/mol. The fourth-order valence-corrected chi connectivity index (χ4v) is 1.61. The fourth-order valence-electron chi connectivity index (χ4n) is 1.61. The number of nitrogens with one attached hydrogen (secondary N) is 2. The summed E-state index contributed by atoms with van der Waals surface area (Å²) in [5.41, 5.74) is 0. The van der Waals surface area contributed by atoms with Crippen molar-refractivity contribution in [2.24, 2.45) is 7.05 Å². The molecular formula is C12H20N8. The Morgan fingerprint density at radius 3 is 2.40 bits per heavy atom. The number of imidazole rings is 1. The molecule has 0 aliphatic carbocycles. The molecule has 0 amide bonds. The second-order valence-electron chi connectivity index (χ2n) is 4.52. The summed E-state index contributed by atoms with van der Waals surface area (Å²) < 4.78 is 1.95. The average molecular weight is 276 g/mol. The summed E-state index contributed by atoms with van der Waals surface area (Å²) in [7, 11) is 5.74. The van der Waals surface area contributed by atoms with Gasteiger partial charge in [-0.25, -0.2) is 4.98 Å². The van der Waals surface area contributed by atoms with Gasteiger partial charge in [-0.1, -0.05) is 0 Å². The van der Waals surface area contributed by atoms with Gasteiger partial charge in [0.05, 0.1) is 6.54 Å². The van der Waals surface area contributed by atoms with E-state index in [1.165, 1.54) is 0 Å². The van der Waals surface area contributed by atoms with E-state index >= 15 is 0 Å². The molecule has 0 aliphatic rings. The maximum atomic E-state index is 4.36. The fraction of sp³-hybridized carbons (Fsp3) is 0.500. The van der Waals surface area contributed by atoms with E-state index in [1.54, 1.807) is 6.20 Å². The van der Waals surface area contributed by atoms with Crippen LogP contribution in [0.4, 0.5) is 17.8 Å². The molecule has 0 aliphatic heterocycles. The molecule has 2 rings (SSSR count). The Morgan fingerprint density at radius 1 is 1.15 bits per heavy atom. The summed E-state index contributed by atoms with van der Waals surface area (Å²) in [5.74, 6) is 2.62. The topological polar surface area (TPSA) is 83.8 Å². The first kappa shape index (κ1) is 14.0. The molecule has 0 aromatic carbocycles. The molecule has 8 heteroatoms. The van der Waals surface area contributed by atoms with Crippen molar-refractivity contribution in [3.8, 4) is 0 Å². The van der Waals surface area contributed by atoms with E-state index in [0.29, 0.717) is 24.4 Å². The van der Waals surface area contributed by atoms with Gasteiger partial charge in [-0.3, -0.25) is 0 Å². The number of hydrogen-bond acceptors (Lipinski definition) is 7. The van der Waals surface area contributed by atoms with Crippen molar-refractivity contribution in [1.29, 1.82) is 0 Å². The summed E-state index contributed by atoms with van der Waals surface area (Å²) in [6.07, 6.45) is 3.67. The van der Waals surface area contributed by atoms with E-state index in [0.717, 1.165) is 12.4 Å². The number of hydrogen-bond donors (Lipinski definition) is 2. The normalized spacial score (nSPS) is 10.4. The van der Waals surface area contributed by atoms with Crippen LogP contribution in [0.15, 0.2) is 12.4 Å². The third-order valence-electron chi connectivity index (χ3n) is 2.68. The standard InChI is InChI=1S/C12H20N8/c1-5-13-10-16-11(18-12(17-10)19(2)3)15-8-9-14-6-7-20(9)4/h6-7H,5,8H2,1-4H3,(H2,13,15,16,17,18). The summed E-state index contributed by atoms with van der Waals surface area (Å²) in [5, 5.41) is 6.27. The van der Waals surface area contributed by atoms with Crippen LogP contribution in [-0.2, 0) is 13.6 Å². The molecule has 0 spiro atoms. The molecule has 108 valence electrons. The number of rotatable bonds is 6. The first-order valence-corrected chi connectivity index (χ1v) is 6.47. The lowest BCUT2D eigenvalue weighted by Crippen LogP contribution is -2.17. The second kappa shape index (κ2) is 6.18. The summed E-state index contributed by atoms with van der Waals surface area (Å²) in [6.45, 7) is 3.32. The predicted octanol–water partition coefficient (Wildman–Crippen LogP) is 0.715. The van der Waals surface area contributed by atoms with Gasteiger partial charge in [-0.05, 0) is 6.92 Å². The number of aryl methyl sites for hydroxylation is 1. The van der Waals surface area contributed by atoms with Gasteiger partial charge >= 0.3 is 0 Å². The minimum Gasteiger partial charge on any atom is -0.354 e. The molecule has 2 aromatic heterocycles. The molecule has 2 aromatic rings. The molecule has 0 saturated carbocycles. The lowest BCUT2D eigenvalue weighted by Gasteiger charge is -2.13.